The number of hydrogen-bond acceptors (Lipinski definition) is 5. The van der Waals surface area contributed by atoms with Gasteiger partial charge in [-0.1, -0.05) is 35.9 Å². The van der Waals surface area contributed by atoms with E-state index in [2.05, 4.69) is 4.98 Å². The van der Waals surface area contributed by atoms with E-state index in [0.29, 0.717) is 16.1 Å². The van der Waals surface area contributed by atoms with E-state index in [1.807, 2.05) is 36.4 Å². The second-order valence-corrected chi connectivity index (χ2v) is 8.10. The van der Waals surface area contributed by atoms with Crippen LogP contribution in [0, 0.1) is 17.0 Å². The number of nitro benzene ring substituents is 1. The highest BCUT2D eigenvalue weighted by atomic mass is 35.5. The molecule has 0 amide bonds. The number of fused-ring (bicyclic) bond motifs is 1. The van der Waals surface area contributed by atoms with Crippen LogP contribution in [0.1, 0.15) is 21.5 Å². The molecule has 7 heteroatoms. The highest BCUT2D eigenvalue weighted by Crippen LogP contribution is 2.35. The van der Waals surface area contributed by atoms with Crippen LogP contribution in [0.15, 0.2) is 60.7 Å². The molecule has 0 aliphatic heterocycles. The molecule has 29 heavy (non-hydrogen) atoms. The Morgan fingerprint density at radius 3 is 2.62 bits per heavy atom. The van der Waals surface area contributed by atoms with Gasteiger partial charge in [0.05, 0.1) is 20.2 Å². The second-order valence-electron chi connectivity index (χ2n) is 6.66. The van der Waals surface area contributed by atoms with Crippen molar-refractivity contribution >= 4 is 44.6 Å². The number of carbonyl (C=O) groups excluding carboxylic acids is 1. The SMILES string of the molecule is Cc1cc(C(=O)Cc2ccc(-c3nc4ccccc4s3)c(Cl)c2)ccc1[N+](=O)[O-]. The number of halogens is 1. The first-order valence-corrected chi connectivity index (χ1v) is 10.0. The number of carbonyl (C=O) groups is 1. The quantitative estimate of drug-likeness (QED) is 0.216. The summed E-state index contributed by atoms with van der Waals surface area (Å²) in [6.45, 7) is 1.62. The summed E-state index contributed by atoms with van der Waals surface area (Å²) in [6.07, 6.45) is 0.164. The maximum absolute atomic E-state index is 12.6. The van der Waals surface area contributed by atoms with Crippen LogP contribution < -0.4 is 0 Å². The monoisotopic (exact) mass is 422 g/mol. The normalized spacial score (nSPS) is 11.0. The van der Waals surface area contributed by atoms with E-state index >= 15 is 0 Å². The van der Waals surface area contributed by atoms with Gasteiger partial charge in [0, 0.05) is 29.2 Å². The van der Waals surface area contributed by atoms with E-state index in [4.69, 9.17) is 11.6 Å². The van der Waals surface area contributed by atoms with Crippen molar-refractivity contribution in [2.75, 3.05) is 0 Å². The van der Waals surface area contributed by atoms with Crippen LogP contribution >= 0.6 is 22.9 Å². The molecule has 0 N–H and O–H groups in total. The number of nitrogens with zero attached hydrogens (tertiary/aromatic N) is 2. The first kappa shape index (κ1) is 19.2. The van der Waals surface area contributed by atoms with Crippen LogP contribution in [0.25, 0.3) is 20.8 Å². The lowest BCUT2D eigenvalue weighted by molar-refractivity contribution is -0.385. The maximum atomic E-state index is 12.6. The third kappa shape index (κ3) is 3.90. The molecule has 0 bridgehead atoms. The Kier molecular flexibility index (Phi) is 5.13. The number of thiazole rings is 1. The van der Waals surface area contributed by atoms with Crippen molar-refractivity contribution < 1.29 is 9.72 Å². The second kappa shape index (κ2) is 7.73. The molecule has 0 fully saturated rings. The molecule has 0 aliphatic carbocycles. The first-order valence-electron chi connectivity index (χ1n) is 8.85. The number of ketones is 1. The molecule has 4 aromatic rings. The number of aromatic nitrogens is 1. The zero-order valence-corrected chi connectivity index (χ0v) is 17.0. The van der Waals surface area contributed by atoms with Gasteiger partial charge in [0.2, 0.25) is 0 Å². The largest absolute Gasteiger partial charge is 0.294 e. The van der Waals surface area contributed by atoms with Crippen LogP contribution in [-0.4, -0.2) is 15.7 Å². The van der Waals surface area contributed by atoms with E-state index in [1.54, 1.807) is 30.4 Å². The lowest BCUT2D eigenvalue weighted by atomic mass is 10.00. The standard InChI is InChI=1S/C22H15ClN2O3S/c1-13-10-15(7-9-19(13)25(27)28)20(26)12-14-6-8-16(17(23)11-14)22-24-18-4-2-3-5-21(18)29-22/h2-11H,12H2,1H3. The number of benzene rings is 3. The van der Waals surface area contributed by atoms with Crippen molar-refractivity contribution in [1.82, 2.24) is 4.98 Å². The molecule has 4 rings (SSSR count). The Bertz CT molecular complexity index is 1230. The minimum absolute atomic E-state index is 0.00443. The van der Waals surface area contributed by atoms with E-state index in [9.17, 15) is 14.9 Å². The molecule has 3 aromatic carbocycles. The Balaban J connectivity index is 1.57. The molecule has 0 saturated carbocycles. The third-order valence-corrected chi connectivity index (χ3v) is 6.02. The summed E-state index contributed by atoms with van der Waals surface area (Å²) in [5, 5.41) is 12.3. The number of nitro groups is 1. The zero-order valence-electron chi connectivity index (χ0n) is 15.4. The fraction of sp³-hybridized carbons (Fsp3) is 0.0909. The Morgan fingerprint density at radius 1 is 1.14 bits per heavy atom. The molecule has 1 aromatic heterocycles. The van der Waals surface area contributed by atoms with Gasteiger partial charge in [0.15, 0.2) is 5.78 Å². The molecule has 0 radical (unpaired) electrons. The minimum Gasteiger partial charge on any atom is -0.294 e. The Hall–Kier alpha value is -3.09. The van der Waals surface area contributed by atoms with Gasteiger partial charge in [-0.2, -0.15) is 0 Å². The number of rotatable bonds is 5. The molecule has 0 saturated heterocycles. The van der Waals surface area contributed by atoms with Gasteiger partial charge in [-0.15, -0.1) is 11.3 Å². The number of para-hydroxylation sites is 1. The molecule has 144 valence electrons. The lowest BCUT2D eigenvalue weighted by Gasteiger charge is -2.06. The summed E-state index contributed by atoms with van der Waals surface area (Å²) in [7, 11) is 0. The van der Waals surface area contributed by atoms with Crippen LogP contribution in [0.2, 0.25) is 5.02 Å². The van der Waals surface area contributed by atoms with Gasteiger partial charge in [0.25, 0.3) is 5.69 Å². The first-order chi connectivity index (χ1) is 13.9. The number of Topliss-reactive ketones (excluding diaryl/α,β-unsaturated/α-hetero) is 1. The van der Waals surface area contributed by atoms with Crippen molar-refractivity contribution in [3.05, 3.63) is 92.5 Å². The molecule has 0 spiro atoms. The van der Waals surface area contributed by atoms with Crippen LogP contribution in [0.3, 0.4) is 0 Å². The van der Waals surface area contributed by atoms with Crippen LogP contribution in [0.4, 0.5) is 5.69 Å². The smallest absolute Gasteiger partial charge is 0.272 e. The number of hydrogen-bond donors (Lipinski definition) is 0. The fourth-order valence-electron chi connectivity index (χ4n) is 3.15. The highest BCUT2D eigenvalue weighted by molar-refractivity contribution is 7.21. The topological polar surface area (TPSA) is 73.1 Å². The van der Waals surface area contributed by atoms with E-state index in [1.165, 1.54) is 12.1 Å². The summed E-state index contributed by atoms with van der Waals surface area (Å²) in [6, 6.07) is 17.8. The summed E-state index contributed by atoms with van der Waals surface area (Å²) in [5.41, 5.74) is 3.45. The van der Waals surface area contributed by atoms with Gasteiger partial charge < -0.3 is 0 Å². The Morgan fingerprint density at radius 2 is 1.93 bits per heavy atom. The molecule has 1 heterocycles. The van der Waals surface area contributed by atoms with Gasteiger partial charge in [-0.25, -0.2) is 4.98 Å². The van der Waals surface area contributed by atoms with Crippen LogP contribution in [-0.2, 0) is 6.42 Å². The summed E-state index contributed by atoms with van der Waals surface area (Å²) in [5.74, 6) is -0.119. The average molecular weight is 423 g/mol. The summed E-state index contributed by atoms with van der Waals surface area (Å²) in [4.78, 5) is 27.7. The van der Waals surface area contributed by atoms with Crippen molar-refractivity contribution in [2.24, 2.45) is 0 Å². The fourth-order valence-corrected chi connectivity index (χ4v) is 4.50. The number of aryl methyl sites for hydroxylation is 1. The van der Waals surface area contributed by atoms with Crippen molar-refractivity contribution in [3.63, 3.8) is 0 Å². The minimum atomic E-state index is -0.454. The van der Waals surface area contributed by atoms with E-state index in [0.717, 1.165) is 26.4 Å². The lowest BCUT2D eigenvalue weighted by Crippen LogP contribution is -2.05. The van der Waals surface area contributed by atoms with Crippen molar-refractivity contribution in [3.8, 4) is 10.6 Å². The van der Waals surface area contributed by atoms with Crippen LogP contribution in [0.5, 0.6) is 0 Å². The average Bonchev–Trinajstić information content (AvgIpc) is 3.11. The zero-order chi connectivity index (χ0) is 20.5. The molecule has 5 nitrogen and oxygen atoms in total. The predicted octanol–water partition coefficient (Wildman–Crippen LogP) is 6.26. The molecule has 0 aliphatic rings. The summed E-state index contributed by atoms with van der Waals surface area (Å²) >= 11 is 8.05. The third-order valence-electron chi connectivity index (χ3n) is 4.64. The van der Waals surface area contributed by atoms with E-state index in [-0.39, 0.29) is 17.9 Å². The van der Waals surface area contributed by atoms with Gasteiger partial charge in [0.1, 0.15) is 5.01 Å². The highest BCUT2D eigenvalue weighted by Gasteiger charge is 2.15. The van der Waals surface area contributed by atoms with Crippen molar-refractivity contribution in [1.29, 1.82) is 0 Å². The van der Waals surface area contributed by atoms with Gasteiger partial charge in [-0.05, 0) is 42.8 Å². The predicted molar refractivity (Wildman–Crippen MR) is 116 cm³/mol. The molecule has 0 atom stereocenters. The van der Waals surface area contributed by atoms with E-state index < -0.39 is 4.92 Å². The molecular weight excluding hydrogens is 408 g/mol. The molecular formula is C22H15ClN2O3S. The van der Waals surface area contributed by atoms with Gasteiger partial charge >= 0.3 is 0 Å². The van der Waals surface area contributed by atoms with Gasteiger partial charge in [-0.3, -0.25) is 14.9 Å². The Labute approximate surface area is 175 Å². The van der Waals surface area contributed by atoms with Crippen molar-refractivity contribution in [2.45, 2.75) is 13.3 Å². The maximum Gasteiger partial charge on any atom is 0.272 e. The summed E-state index contributed by atoms with van der Waals surface area (Å²) < 4.78 is 1.09. The molecule has 0 unspecified atom stereocenters.